The zero-order chi connectivity index (χ0) is 23.1. The molecule has 6 nitrogen and oxygen atoms in total. The van der Waals surface area contributed by atoms with Crippen molar-refractivity contribution in [1.29, 1.82) is 0 Å². The van der Waals surface area contributed by atoms with E-state index in [9.17, 15) is 13.2 Å². The molecule has 3 fully saturated rings. The van der Waals surface area contributed by atoms with E-state index in [2.05, 4.69) is 36.1 Å². The number of rotatable bonds is 5. The van der Waals surface area contributed by atoms with Gasteiger partial charge in [0.1, 0.15) is 0 Å². The summed E-state index contributed by atoms with van der Waals surface area (Å²) in [5.41, 5.74) is 2.82. The van der Waals surface area contributed by atoms with Gasteiger partial charge in [0.05, 0.1) is 25.4 Å². The summed E-state index contributed by atoms with van der Waals surface area (Å²) in [5, 5.41) is 7.12. The quantitative estimate of drug-likeness (QED) is 0.723. The fourth-order valence-electron chi connectivity index (χ4n) is 4.55. The summed E-state index contributed by atoms with van der Waals surface area (Å²) in [6.07, 6.45) is 0.0325. The number of carboxylic acids is 1. The standard InChI is InChI=1S/C21H31NO3.C2HF3O2/c1-16-4-2-3-5-18(16)14-22-10-13-24-21-19(22)6-7-20(21)25-15-17-8-11-23-12-9-17;3-2(4,5)1(6)7/h2-5,17,19-21H,6-15H2,1H3;(H,6,7)/t19-,20+,21+;/m0./s1. The third kappa shape index (κ3) is 6.91. The molecule has 1 aromatic rings. The molecule has 1 N–H and O–H groups in total. The number of aryl methyl sites for hydroxylation is 1. The van der Waals surface area contributed by atoms with Crippen LogP contribution in [0.2, 0.25) is 0 Å². The second-order valence-electron chi connectivity index (χ2n) is 8.61. The first-order chi connectivity index (χ1) is 15.3. The zero-order valence-electron chi connectivity index (χ0n) is 18.4. The number of nitrogens with zero attached hydrogens (tertiary/aromatic N) is 1. The van der Waals surface area contributed by atoms with Gasteiger partial charge in [-0.3, -0.25) is 4.90 Å². The summed E-state index contributed by atoms with van der Waals surface area (Å²) in [7, 11) is 0. The molecule has 3 atom stereocenters. The second kappa shape index (κ2) is 11.4. The van der Waals surface area contributed by atoms with Gasteiger partial charge in [0, 0.05) is 32.3 Å². The fourth-order valence-corrected chi connectivity index (χ4v) is 4.55. The van der Waals surface area contributed by atoms with Gasteiger partial charge in [0.15, 0.2) is 0 Å². The van der Waals surface area contributed by atoms with Crippen LogP contribution < -0.4 is 0 Å². The van der Waals surface area contributed by atoms with E-state index in [4.69, 9.17) is 24.1 Å². The Morgan fingerprint density at radius 2 is 1.84 bits per heavy atom. The Balaban J connectivity index is 0.000000360. The van der Waals surface area contributed by atoms with Crippen molar-refractivity contribution >= 4 is 5.97 Å². The van der Waals surface area contributed by atoms with Gasteiger partial charge < -0.3 is 19.3 Å². The van der Waals surface area contributed by atoms with Crippen LogP contribution in [0.3, 0.4) is 0 Å². The van der Waals surface area contributed by atoms with Crippen molar-refractivity contribution in [3.63, 3.8) is 0 Å². The number of benzene rings is 1. The SMILES string of the molecule is Cc1ccccc1CN1CCO[C@H]2[C@H](OCC3CCOCC3)CC[C@@H]21.O=C(O)C(F)(F)F. The van der Waals surface area contributed by atoms with Crippen molar-refractivity contribution in [3.8, 4) is 0 Å². The predicted octanol–water partition coefficient (Wildman–Crippen LogP) is 3.80. The number of carboxylic acid groups (broad SMARTS) is 1. The summed E-state index contributed by atoms with van der Waals surface area (Å²) in [6, 6.07) is 9.24. The van der Waals surface area contributed by atoms with E-state index >= 15 is 0 Å². The van der Waals surface area contributed by atoms with Gasteiger partial charge in [-0.25, -0.2) is 4.79 Å². The summed E-state index contributed by atoms with van der Waals surface area (Å²) in [4.78, 5) is 11.5. The molecule has 3 aliphatic rings. The molecule has 2 aliphatic heterocycles. The Hall–Kier alpha value is -1.68. The highest BCUT2D eigenvalue weighted by Crippen LogP contribution is 2.34. The largest absolute Gasteiger partial charge is 0.490 e. The first kappa shape index (κ1) is 25.0. The highest BCUT2D eigenvalue weighted by atomic mass is 19.4. The minimum Gasteiger partial charge on any atom is -0.475 e. The van der Waals surface area contributed by atoms with Gasteiger partial charge in [-0.15, -0.1) is 0 Å². The van der Waals surface area contributed by atoms with Crippen molar-refractivity contribution in [2.75, 3.05) is 33.0 Å². The second-order valence-corrected chi connectivity index (χ2v) is 8.61. The van der Waals surface area contributed by atoms with E-state index in [1.165, 1.54) is 17.5 Å². The first-order valence-electron chi connectivity index (χ1n) is 11.2. The van der Waals surface area contributed by atoms with Gasteiger partial charge in [-0.05, 0) is 49.7 Å². The van der Waals surface area contributed by atoms with Crippen LogP contribution in [0.25, 0.3) is 0 Å². The number of hydrogen-bond acceptors (Lipinski definition) is 5. The topological polar surface area (TPSA) is 68.2 Å². The molecular weight excluding hydrogens is 427 g/mol. The Kier molecular flexibility index (Phi) is 8.93. The molecule has 180 valence electrons. The van der Waals surface area contributed by atoms with E-state index in [1.54, 1.807) is 0 Å². The number of aliphatic carboxylic acids is 1. The van der Waals surface area contributed by atoms with Crippen molar-refractivity contribution in [3.05, 3.63) is 35.4 Å². The molecule has 0 spiro atoms. The van der Waals surface area contributed by atoms with Gasteiger partial charge in [-0.2, -0.15) is 13.2 Å². The molecule has 1 aromatic carbocycles. The molecule has 0 unspecified atom stereocenters. The average Bonchev–Trinajstić information content (AvgIpc) is 3.18. The molecule has 0 bridgehead atoms. The lowest BCUT2D eigenvalue weighted by Gasteiger charge is -2.39. The normalized spacial score (nSPS) is 26.8. The average molecular weight is 460 g/mol. The van der Waals surface area contributed by atoms with E-state index in [0.717, 1.165) is 58.8 Å². The lowest BCUT2D eigenvalue weighted by atomic mass is 10.0. The minimum absolute atomic E-state index is 0.248. The maximum absolute atomic E-state index is 10.6. The van der Waals surface area contributed by atoms with E-state index in [-0.39, 0.29) is 12.2 Å². The number of morpholine rings is 1. The molecule has 9 heteroatoms. The van der Waals surface area contributed by atoms with Crippen LogP contribution >= 0.6 is 0 Å². The predicted molar refractivity (Wildman–Crippen MR) is 111 cm³/mol. The summed E-state index contributed by atoms with van der Waals surface area (Å²) in [5.74, 6) is -2.09. The first-order valence-corrected chi connectivity index (χ1v) is 11.2. The van der Waals surface area contributed by atoms with Crippen molar-refractivity contribution < 1.29 is 37.3 Å². The molecular formula is C23H32F3NO5. The molecule has 32 heavy (non-hydrogen) atoms. The summed E-state index contributed by atoms with van der Waals surface area (Å²) < 4.78 is 49.7. The number of ether oxygens (including phenoxy) is 3. The Morgan fingerprint density at radius 1 is 1.16 bits per heavy atom. The zero-order valence-corrected chi connectivity index (χ0v) is 18.4. The monoisotopic (exact) mass is 459 g/mol. The van der Waals surface area contributed by atoms with Gasteiger partial charge in [-0.1, -0.05) is 24.3 Å². The summed E-state index contributed by atoms with van der Waals surface area (Å²) in [6.45, 7) is 7.76. The van der Waals surface area contributed by atoms with Crippen LogP contribution in [-0.4, -0.2) is 73.4 Å². The number of carbonyl (C=O) groups is 1. The van der Waals surface area contributed by atoms with Crippen molar-refractivity contribution in [2.24, 2.45) is 5.92 Å². The van der Waals surface area contributed by atoms with Crippen LogP contribution in [0.1, 0.15) is 36.8 Å². The third-order valence-corrected chi connectivity index (χ3v) is 6.41. The molecule has 1 aliphatic carbocycles. The number of fused-ring (bicyclic) bond motifs is 1. The van der Waals surface area contributed by atoms with Crippen LogP contribution in [0.5, 0.6) is 0 Å². The maximum atomic E-state index is 10.6. The lowest BCUT2D eigenvalue weighted by Crippen LogP contribution is -2.51. The molecule has 2 saturated heterocycles. The van der Waals surface area contributed by atoms with E-state index in [1.807, 2.05) is 0 Å². The van der Waals surface area contributed by atoms with E-state index < -0.39 is 12.1 Å². The number of halogens is 3. The Bertz CT molecular complexity index is 739. The highest BCUT2D eigenvalue weighted by molar-refractivity contribution is 5.73. The van der Waals surface area contributed by atoms with E-state index in [0.29, 0.717) is 12.0 Å². The van der Waals surface area contributed by atoms with Crippen LogP contribution in [0.4, 0.5) is 13.2 Å². The molecule has 1 saturated carbocycles. The third-order valence-electron chi connectivity index (χ3n) is 6.41. The minimum atomic E-state index is -5.08. The number of alkyl halides is 3. The molecule has 0 amide bonds. The lowest BCUT2D eigenvalue weighted by molar-refractivity contribution is -0.192. The van der Waals surface area contributed by atoms with Crippen LogP contribution in [0.15, 0.2) is 24.3 Å². The van der Waals surface area contributed by atoms with Gasteiger partial charge in [0.25, 0.3) is 0 Å². The Morgan fingerprint density at radius 3 is 2.50 bits per heavy atom. The number of hydrogen-bond donors (Lipinski definition) is 1. The van der Waals surface area contributed by atoms with Crippen molar-refractivity contribution in [1.82, 2.24) is 4.90 Å². The van der Waals surface area contributed by atoms with Gasteiger partial charge >= 0.3 is 12.1 Å². The van der Waals surface area contributed by atoms with Crippen LogP contribution in [-0.2, 0) is 25.5 Å². The highest BCUT2D eigenvalue weighted by Gasteiger charge is 2.43. The molecule has 4 rings (SSSR count). The smallest absolute Gasteiger partial charge is 0.475 e. The molecule has 2 heterocycles. The van der Waals surface area contributed by atoms with Gasteiger partial charge in [0.2, 0.25) is 0 Å². The Labute approximate surface area is 186 Å². The van der Waals surface area contributed by atoms with Crippen LogP contribution in [0, 0.1) is 12.8 Å². The summed E-state index contributed by atoms with van der Waals surface area (Å²) >= 11 is 0. The fraction of sp³-hybridized carbons (Fsp3) is 0.696. The maximum Gasteiger partial charge on any atom is 0.490 e. The molecule has 0 aromatic heterocycles. The van der Waals surface area contributed by atoms with Crippen molar-refractivity contribution in [2.45, 2.75) is 63.6 Å². The molecule has 0 radical (unpaired) electrons.